The van der Waals surface area contributed by atoms with Crippen LogP contribution in [0.5, 0.6) is 0 Å². The lowest BCUT2D eigenvalue weighted by Gasteiger charge is -2.34. The fraction of sp³-hybridized carbons (Fsp3) is 0.348. The van der Waals surface area contributed by atoms with E-state index in [1.54, 1.807) is 42.5 Å². The van der Waals surface area contributed by atoms with Gasteiger partial charge in [-0.2, -0.15) is 0 Å². The van der Waals surface area contributed by atoms with Crippen molar-refractivity contribution in [1.82, 2.24) is 15.6 Å². The lowest BCUT2D eigenvalue weighted by molar-refractivity contribution is -0.121. The van der Waals surface area contributed by atoms with Crippen LogP contribution in [0.2, 0.25) is 5.02 Å². The first-order valence-electron chi connectivity index (χ1n) is 10.8. The molecule has 8 nitrogen and oxygen atoms in total. The Bertz CT molecular complexity index is 1240. The number of H-pyrrole nitrogens is 1. The molecule has 3 aromatic rings. The van der Waals surface area contributed by atoms with Crippen LogP contribution < -0.4 is 21.7 Å². The fourth-order valence-corrected chi connectivity index (χ4v) is 7.36. The number of guanidine groups is 1. The van der Waals surface area contributed by atoms with Crippen molar-refractivity contribution in [2.45, 2.75) is 31.7 Å². The number of halogens is 1. The van der Waals surface area contributed by atoms with Crippen molar-refractivity contribution in [3.63, 3.8) is 0 Å². The summed E-state index contributed by atoms with van der Waals surface area (Å²) in [6.07, 6.45) is 3.41. The summed E-state index contributed by atoms with van der Waals surface area (Å²) in [4.78, 5) is 31.8. The average molecular weight is 490 g/mol. The summed E-state index contributed by atoms with van der Waals surface area (Å²) in [6, 6.07) is 11.9. The molecule has 4 rings (SSSR count). The van der Waals surface area contributed by atoms with Gasteiger partial charge in [-0.1, -0.05) is 18.5 Å². The number of amides is 1. The second-order valence-electron chi connectivity index (χ2n) is 8.36. The number of aromatic amines is 1. The topological polar surface area (TPSA) is 112 Å². The highest BCUT2D eigenvalue weighted by Gasteiger charge is 2.39. The largest absolute Gasteiger partial charge is 0.417 e. The predicted molar refractivity (Wildman–Crippen MR) is 137 cm³/mol. The summed E-state index contributed by atoms with van der Waals surface area (Å²) < 4.78 is 5.14. The third kappa shape index (κ3) is 5.43. The minimum atomic E-state index is -0.899. The summed E-state index contributed by atoms with van der Waals surface area (Å²) in [5.41, 5.74) is 2.25. The van der Waals surface area contributed by atoms with Gasteiger partial charge in [0, 0.05) is 27.9 Å². The Morgan fingerprint density at radius 3 is 2.76 bits per heavy atom. The molecule has 1 fully saturated rings. The number of benzene rings is 2. The van der Waals surface area contributed by atoms with Crippen molar-refractivity contribution in [2.24, 2.45) is 4.99 Å². The molecule has 1 saturated heterocycles. The van der Waals surface area contributed by atoms with Crippen molar-refractivity contribution < 1.29 is 9.21 Å². The number of oxazole rings is 1. The molecule has 1 aliphatic rings. The smallest absolute Gasteiger partial charge is 0.408 e. The lowest BCUT2D eigenvalue weighted by Crippen LogP contribution is -2.47. The maximum atomic E-state index is 13.2. The average Bonchev–Trinajstić information content (AvgIpc) is 3.28. The third-order valence-electron chi connectivity index (χ3n) is 5.82. The highest BCUT2D eigenvalue weighted by atomic mass is 35.5. The SMILES string of the molecule is CCCS1(C)CC(C(=O)NC(=Nc2ccc(Cl)cc2)Nc2ccc3[nH]c(=O)oc3c2)NC1C. The van der Waals surface area contributed by atoms with E-state index >= 15 is 0 Å². The van der Waals surface area contributed by atoms with Gasteiger partial charge in [0.2, 0.25) is 11.9 Å². The molecule has 0 aliphatic carbocycles. The number of nitrogens with one attached hydrogen (secondary N) is 4. The van der Waals surface area contributed by atoms with Crippen molar-refractivity contribution in [2.75, 3.05) is 23.1 Å². The molecular weight excluding hydrogens is 462 g/mol. The molecule has 0 bridgehead atoms. The molecule has 0 radical (unpaired) electrons. The summed E-state index contributed by atoms with van der Waals surface area (Å²) >= 11 is 5.99. The summed E-state index contributed by atoms with van der Waals surface area (Å²) in [6.45, 7) is 4.35. The molecule has 1 aromatic heterocycles. The zero-order valence-corrected chi connectivity index (χ0v) is 20.3. The zero-order chi connectivity index (χ0) is 23.6. The molecule has 1 aliphatic heterocycles. The van der Waals surface area contributed by atoms with Crippen LogP contribution in [0.3, 0.4) is 0 Å². The van der Waals surface area contributed by atoms with E-state index < -0.39 is 15.8 Å². The molecule has 0 spiro atoms. The van der Waals surface area contributed by atoms with Gasteiger partial charge in [0.1, 0.15) is 0 Å². The maximum Gasteiger partial charge on any atom is 0.417 e. The van der Waals surface area contributed by atoms with Crippen LogP contribution >= 0.6 is 21.6 Å². The Morgan fingerprint density at radius 2 is 2.03 bits per heavy atom. The van der Waals surface area contributed by atoms with Crippen LogP contribution in [0.15, 0.2) is 56.7 Å². The molecule has 10 heteroatoms. The van der Waals surface area contributed by atoms with Crippen LogP contribution in [-0.4, -0.2) is 46.0 Å². The van der Waals surface area contributed by atoms with Gasteiger partial charge >= 0.3 is 5.76 Å². The van der Waals surface area contributed by atoms with Crippen LogP contribution in [0.4, 0.5) is 11.4 Å². The molecule has 2 aromatic carbocycles. The Labute approximate surface area is 198 Å². The lowest BCUT2D eigenvalue weighted by atomic mass is 10.3. The van der Waals surface area contributed by atoms with Crippen LogP contribution in [0.1, 0.15) is 20.3 Å². The van der Waals surface area contributed by atoms with Gasteiger partial charge in [-0.15, -0.1) is 0 Å². The third-order valence-corrected chi connectivity index (χ3v) is 10.3. The van der Waals surface area contributed by atoms with E-state index in [4.69, 9.17) is 16.0 Å². The molecule has 176 valence electrons. The molecule has 1 amide bonds. The first-order valence-corrected chi connectivity index (χ1v) is 13.6. The van der Waals surface area contributed by atoms with E-state index in [-0.39, 0.29) is 17.9 Å². The van der Waals surface area contributed by atoms with Gasteiger partial charge in [-0.05, 0) is 61.8 Å². The monoisotopic (exact) mass is 489 g/mol. The zero-order valence-electron chi connectivity index (χ0n) is 18.8. The molecule has 4 N–H and O–H groups in total. The molecule has 3 atom stereocenters. The first-order chi connectivity index (χ1) is 15.8. The Morgan fingerprint density at radius 1 is 1.27 bits per heavy atom. The van der Waals surface area contributed by atoms with Crippen molar-refractivity contribution in [3.05, 3.63) is 58.0 Å². The highest BCUT2D eigenvalue weighted by molar-refractivity contribution is 8.33. The van der Waals surface area contributed by atoms with Gasteiger partial charge < -0.3 is 9.73 Å². The minimum Gasteiger partial charge on any atom is -0.408 e. The van der Waals surface area contributed by atoms with E-state index in [0.29, 0.717) is 32.9 Å². The number of fused-ring (bicyclic) bond motifs is 1. The number of aromatic nitrogens is 1. The number of anilines is 1. The minimum absolute atomic E-state index is 0.136. The highest BCUT2D eigenvalue weighted by Crippen LogP contribution is 2.52. The standard InChI is InChI=1S/C23H28ClN5O3S/c1-4-11-33(3)13-19(25-14(33)2)21(30)29-22(26-16-7-5-15(24)6-8-16)27-17-9-10-18-20(12-17)32-23(31)28-18/h5-10,12,14,19,25H,4,11,13H2,1-3H3,(H,28,31)(H2,26,27,29,30). The Hall–Kier alpha value is -2.75. The maximum absolute atomic E-state index is 13.2. The molecule has 2 heterocycles. The quantitative estimate of drug-likeness (QED) is 0.318. The van der Waals surface area contributed by atoms with Gasteiger partial charge in [0.25, 0.3) is 0 Å². The van der Waals surface area contributed by atoms with E-state index in [1.165, 1.54) is 0 Å². The van der Waals surface area contributed by atoms with E-state index in [9.17, 15) is 9.59 Å². The van der Waals surface area contributed by atoms with Crippen molar-refractivity contribution in [1.29, 1.82) is 0 Å². The number of rotatable bonds is 5. The van der Waals surface area contributed by atoms with Gasteiger partial charge in [-0.25, -0.2) is 19.8 Å². The van der Waals surface area contributed by atoms with E-state index in [1.807, 2.05) is 0 Å². The summed E-state index contributed by atoms with van der Waals surface area (Å²) in [5, 5.41) is 10.5. The van der Waals surface area contributed by atoms with Crippen LogP contribution in [0.25, 0.3) is 11.1 Å². The van der Waals surface area contributed by atoms with Crippen LogP contribution in [0, 0.1) is 0 Å². The second-order valence-corrected chi connectivity index (χ2v) is 12.9. The van der Waals surface area contributed by atoms with Gasteiger partial charge in [-0.3, -0.25) is 20.4 Å². The molecule has 33 heavy (non-hydrogen) atoms. The number of carbonyl (C=O) groups excluding carboxylic acids is 1. The first kappa shape index (κ1) is 23.4. The number of nitrogens with zero attached hydrogens (tertiary/aromatic N) is 1. The second kappa shape index (κ2) is 9.62. The van der Waals surface area contributed by atoms with Crippen LogP contribution in [-0.2, 0) is 4.79 Å². The normalized spacial score (nSPS) is 25.0. The Balaban J connectivity index is 1.58. The fourth-order valence-electron chi connectivity index (χ4n) is 3.99. The van der Waals surface area contributed by atoms with E-state index in [0.717, 1.165) is 17.9 Å². The number of hydrogen-bond acceptors (Lipinski definition) is 5. The number of aliphatic imine (C=N–C) groups is 1. The van der Waals surface area contributed by atoms with Crippen molar-refractivity contribution >= 4 is 56.0 Å². The Kier molecular flexibility index (Phi) is 6.83. The summed E-state index contributed by atoms with van der Waals surface area (Å²) in [5.74, 6) is 1.58. The predicted octanol–water partition coefficient (Wildman–Crippen LogP) is 4.15. The van der Waals surface area contributed by atoms with Crippen molar-refractivity contribution in [3.8, 4) is 0 Å². The number of carbonyl (C=O) groups is 1. The van der Waals surface area contributed by atoms with E-state index in [2.05, 4.69) is 46.0 Å². The molecular formula is C23H28ClN5O3S. The van der Waals surface area contributed by atoms with Gasteiger partial charge in [0.05, 0.1) is 17.2 Å². The number of hydrogen-bond donors (Lipinski definition) is 4. The summed E-state index contributed by atoms with van der Waals surface area (Å²) in [7, 11) is -0.899. The molecule has 3 unspecified atom stereocenters. The van der Waals surface area contributed by atoms with Gasteiger partial charge in [0.15, 0.2) is 5.58 Å². The molecule has 0 saturated carbocycles.